The normalized spacial score (nSPS) is 21.7. The van der Waals surface area contributed by atoms with Crippen LogP contribution < -0.4 is 5.32 Å². The fourth-order valence-electron chi connectivity index (χ4n) is 6.65. The van der Waals surface area contributed by atoms with E-state index in [0.717, 1.165) is 47.2 Å². The van der Waals surface area contributed by atoms with E-state index in [1.54, 1.807) is 18.3 Å². The fourth-order valence-corrected chi connectivity index (χ4v) is 6.65. The van der Waals surface area contributed by atoms with Crippen molar-refractivity contribution >= 4 is 33.4 Å². The molecule has 2 aromatic carbocycles. The molecule has 7 rings (SSSR count). The number of nitriles is 1. The molecule has 2 aliphatic rings. The van der Waals surface area contributed by atoms with Gasteiger partial charge in [0.25, 0.3) is 0 Å². The summed E-state index contributed by atoms with van der Waals surface area (Å²) in [5.41, 5.74) is 5.95. The first-order chi connectivity index (χ1) is 21.9. The molecule has 1 fully saturated rings. The number of rotatable bonds is 7. The van der Waals surface area contributed by atoms with Gasteiger partial charge in [0.1, 0.15) is 22.6 Å². The number of likely N-dealkylation sites (tertiary alicyclic amines) is 1. The summed E-state index contributed by atoms with van der Waals surface area (Å²) >= 11 is 0. The number of allylic oxidation sites excluding steroid dienone is 2. The van der Waals surface area contributed by atoms with Crippen molar-refractivity contribution in [3.05, 3.63) is 113 Å². The van der Waals surface area contributed by atoms with Crippen LogP contribution in [0, 0.1) is 24.2 Å². The number of aliphatic hydroxyl groups excluding tert-OH is 2. The molecule has 0 radical (unpaired) electrons. The van der Waals surface area contributed by atoms with Crippen LogP contribution in [0.1, 0.15) is 47.1 Å². The summed E-state index contributed by atoms with van der Waals surface area (Å²) in [7, 11) is 0. The molecule has 3 N–H and O–H groups in total. The van der Waals surface area contributed by atoms with Gasteiger partial charge in [0.05, 0.1) is 18.3 Å². The van der Waals surface area contributed by atoms with Crippen LogP contribution in [0.4, 0.5) is 5.82 Å². The van der Waals surface area contributed by atoms with E-state index in [4.69, 9.17) is 19.4 Å². The third kappa shape index (κ3) is 5.17. The number of oxazole rings is 1. The first-order valence-electron chi connectivity index (χ1n) is 15.2. The van der Waals surface area contributed by atoms with Crippen molar-refractivity contribution in [2.45, 2.75) is 45.1 Å². The minimum atomic E-state index is -0.995. The topological polar surface area (TPSA) is 131 Å². The Morgan fingerprint density at radius 2 is 2.02 bits per heavy atom. The first kappa shape index (κ1) is 28.9. The maximum atomic E-state index is 9.97. The number of aryl methyl sites for hydroxylation is 1. The molecule has 1 aliphatic heterocycles. The first-order valence-corrected chi connectivity index (χ1v) is 15.2. The number of nitrogens with zero attached hydrogens (tertiary/aromatic N) is 5. The van der Waals surface area contributed by atoms with E-state index in [2.05, 4.69) is 54.4 Å². The Balaban J connectivity index is 1.35. The van der Waals surface area contributed by atoms with Gasteiger partial charge in [-0.2, -0.15) is 5.26 Å². The Labute approximate surface area is 261 Å². The molecule has 0 bridgehead atoms. The summed E-state index contributed by atoms with van der Waals surface area (Å²) in [6.07, 6.45) is 10.3. The lowest BCUT2D eigenvalue weighted by atomic mass is 9.73. The Bertz CT molecular complexity index is 2030. The predicted octanol–water partition coefficient (Wildman–Crippen LogP) is 5.61. The van der Waals surface area contributed by atoms with E-state index in [0.29, 0.717) is 46.0 Å². The predicted molar refractivity (Wildman–Crippen MR) is 173 cm³/mol. The molecule has 9 heteroatoms. The van der Waals surface area contributed by atoms with Gasteiger partial charge in [-0.3, -0.25) is 9.88 Å². The molecule has 0 saturated carbocycles. The molecule has 0 spiro atoms. The quantitative estimate of drug-likeness (QED) is 0.219. The van der Waals surface area contributed by atoms with Crippen LogP contribution in [0.3, 0.4) is 0 Å². The number of aromatic nitrogens is 3. The van der Waals surface area contributed by atoms with Crippen molar-refractivity contribution in [2.75, 3.05) is 18.4 Å². The van der Waals surface area contributed by atoms with E-state index < -0.39 is 5.54 Å². The Hall–Kier alpha value is -4.88. The second-order valence-corrected chi connectivity index (χ2v) is 12.0. The molecule has 226 valence electrons. The van der Waals surface area contributed by atoms with Gasteiger partial charge in [-0.05, 0) is 71.5 Å². The lowest BCUT2D eigenvalue weighted by Gasteiger charge is -2.39. The number of nitrogens with one attached hydrogen (secondary N) is 1. The number of anilines is 1. The van der Waals surface area contributed by atoms with Gasteiger partial charge in [0, 0.05) is 43.3 Å². The van der Waals surface area contributed by atoms with Gasteiger partial charge in [-0.1, -0.05) is 43.3 Å². The molecular formula is C36H34N6O3. The highest BCUT2D eigenvalue weighted by molar-refractivity contribution is 5.89. The number of fused-ring (bicyclic) bond motifs is 2. The molecule has 1 saturated heterocycles. The number of hydrogen-bond acceptors (Lipinski definition) is 9. The summed E-state index contributed by atoms with van der Waals surface area (Å²) in [5.74, 6) is 0.782. The molecule has 3 aromatic heterocycles. The lowest BCUT2D eigenvalue weighted by molar-refractivity contribution is 0.175. The van der Waals surface area contributed by atoms with Crippen molar-refractivity contribution < 1.29 is 14.6 Å². The number of aliphatic hydroxyl groups is 2. The zero-order chi connectivity index (χ0) is 31.1. The molecule has 3 atom stereocenters. The number of benzene rings is 2. The minimum Gasteiger partial charge on any atom is -0.436 e. The van der Waals surface area contributed by atoms with E-state index in [9.17, 15) is 15.5 Å². The molecule has 4 heterocycles. The van der Waals surface area contributed by atoms with Crippen molar-refractivity contribution in [3.8, 4) is 6.07 Å². The van der Waals surface area contributed by atoms with Gasteiger partial charge in [0.2, 0.25) is 5.89 Å². The summed E-state index contributed by atoms with van der Waals surface area (Å²) in [6.45, 7) is 6.28. The molecular weight excluding hydrogens is 564 g/mol. The van der Waals surface area contributed by atoms with Gasteiger partial charge < -0.3 is 19.9 Å². The van der Waals surface area contributed by atoms with Crippen LogP contribution in [0.5, 0.6) is 0 Å². The molecule has 45 heavy (non-hydrogen) atoms. The van der Waals surface area contributed by atoms with Crippen molar-refractivity contribution in [1.29, 1.82) is 5.26 Å². The smallest absolute Gasteiger partial charge is 0.225 e. The van der Waals surface area contributed by atoms with Gasteiger partial charge >= 0.3 is 0 Å². The maximum Gasteiger partial charge on any atom is 0.225 e. The molecule has 9 nitrogen and oxygen atoms in total. The molecule has 0 amide bonds. The maximum absolute atomic E-state index is 9.97. The van der Waals surface area contributed by atoms with Gasteiger partial charge in [0.15, 0.2) is 11.4 Å². The van der Waals surface area contributed by atoms with E-state index in [-0.39, 0.29) is 18.6 Å². The SMILES string of the molecule is Cc1ccccc1C1=CC=CC(Nc2nccc3cc(CN4CCC(O)C4)cnc23)(c2nc3cc(CO)cc(C#N)c3o2)[C@@H]1C. The number of pyridine rings is 2. The zero-order valence-electron chi connectivity index (χ0n) is 25.2. The van der Waals surface area contributed by atoms with E-state index in [1.165, 1.54) is 0 Å². The van der Waals surface area contributed by atoms with Crippen LogP contribution in [0.2, 0.25) is 0 Å². The van der Waals surface area contributed by atoms with Gasteiger partial charge in [-0.25, -0.2) is 9.97 Å². The van der Waals surface area contributed by atoms with Gasteiger partial charge in [-0.15, -0.1) is 0 Å². The van der Waals surface area contributed by atoms with Crippen LogP contribution in [0.15, 0.2) is 83.6 Å². The standard InChI is InChI=1S/C36H34N6O3/c1-22-6-3-4-7-29(22)30-8-5-11-36(23(30)2,35-40-31-16-24(21-43)14-27(17-37)33(31)45-35)41-34-32-26(9-12-38-34)15-25(18-39-32)19-42-13-10-28(44)20-42/h3-9,11-12,14-16,18,23,28,43-44H,10,13,19-21H2,1-2H3,(H,38,41)/t23-,28?,36?/m1/s1. The molecule has 5 aromatic rings. The average Bonchev–Trinajstić information content (AvgIpc) is 3.68. The highest BCUT2D eigenvalue weighted by atomic mass is 16.4. The van der Waals surface area contributed by atoms with E-state index in [1.807, 2.05) is 36.5 Å². The number of hydrogen-bond donors (Lipinski definition) is 3. The van der Waals surface area contributed by atoms with Crippen LogP contribution in [0.25, 0.3) is 27.6 Å². The summed E-state index contributed by atoms with van der Waals surface area (Å²) in [6, 6.07) is 18.0. The zero-order valence-corrected chi connectivity index (χ0v) is 25.2. The van der Waals surface area contributed by atoms with Crippen LogP contribution in [-0.2, 0) is 18.7 Å². The van der Waals surface area contributed by atoms with Crippen molar-refractivity contribution in [1.82, 2.24) is 19.9 Å². The Morgan fingerprint density at radius 1 is 1.16 bits per heavy atom. The largest absolute Gasteiger partial charge is 0.436 e. The second-order valence-electron chi connectivity index (χ2n) is 12.0. The Morgan fingerprint density at radius 3 is 2.80 bits per heavy atom. The molecule has 2 unspecified atom stereocenters. The minimum absolute atomic E-state index is 0.183. The average molecular weight is 599 g/mol. The highest BCUT2D eigenvalue weighted by Gasteiger charge is 2.45. The summed E-state index contributed by atoms with van der Waals surface area (Å²) in [4.78, 5) is 16.8. The highest BCUT2D eigenvalue weighted by Crippen LogP contribution is 2.46. The third-order valence-electron chi connectivity index (χ3n) is 9.08. The van der Waals surface area contributed by atoms with E-state index >= 15 is 0 Å². The van der Waals surface area contributed by atoms with Crippen LogP contribution in [-0.4, -0.2) is 49.3 Å². The van der Waals surface area contributed by atoms with Crippen molar-refractivity contribution in [3.63, 3.8) is 0 Å². The lowest BCUT2D eigenvalue weighted by Crippen LogP contribution is -2.42. The monoisotopic (exact) mass is 598 g/mol. The summed E-state index contributed by atoms with van der Waals surface area (Å²) in [5, 5.41) is 34.4. The summed E-state index contributed by atoms with van der Waals surface area (Å²) < 4.78 is 6.47. The second kappa shape index (κ2) is 11.6. The van der Waals surface area contributed by atoms with Crippen LogP contribution >= 0.6 is 0 Å². The van der Waals surface area contributed by atoms with Crippen molar-refractivity contribution in [2.24, 2.45) is 5.92 Å². The molecule has 1 aliphatic carbocycles. The Kier molecular flexibility index (Phi) is 7.42. The third-order valence-corrected chi connectivity index (χ3v) is 9.08. The number of β-amino-alcohol motifs (C(OH)–C–C–N with tert-alkyl or cyclic N) is 1. The fraction of sp³-hybridized carbons (Fsp3) is 0.278.